The third-order valence-corrected chi connectivity index (χ3v) is 2.15. The Morgan fingerprint density at radius 1 is 1.47 bits per heavy atom. The van der Waals surface area contributed by atoms with Crippen LogP contribution in [0.25, 0.3) is 0 Å². The van der Waals surface area contributed by atoms with E-state index in [1.165, 1.54) is 32.2 Å². The highest BCUT2D eigenvalue weighted by atomic mass is 16.4. The molecule has 80 valence electrons. The molecular weight excluding hydrogens is 196 g/mol. The summed E-state index contributed by atoms with van der Waals surface area (Å²) in [7, 11) is 0. The van der Waals surface area contributed by atoms with E-state index >= 15 is 0 Å². The number of carbonyl (C=O) groups is 2. The fourth-order valence-electron chi connectivity index (χ4n) is 1.02. The first kappa shape index (κ1) is 11.3. The van der Waals surface area contributed by atoms with E-state index in [9.17, 15) is 9.59 Å². The Labute approximate surface area is 86.9 Å². The molecule has 0 aliphatic carbocycles. The number of ketones is 1. The maximum absolute atomic E-state index is 11.0. The molecule has 0 fully saturated rings. The lowest BCUT2D eigenvalue weighted by molar-refractivity contribution is -0.143. The van der Waals surface area contributed by atoms with Crippen LogP contribution in [0.5, 0.6) is 0 Å². The molecule has 1 rings (SSSR count). The van der Waals surface area contributed by atoms with Gasteiger partial charge >= 0.3 is 5.97 Å². The predicted molar refractivity (Wildman–Crippen MR) is 53.4 cm³/mol. The number of carboxylic acids is 1. The number of carbonyl (C=O) groups excluding carboxylic acids is 1. The van der Waals surface area contributed by atoms with Crippen LogP contribution in [0.3, 0.4) is 0 Å². The Kier molecular flexibility index (Phi) is 2.85. The highest BCUT2D eigenvalue weighted by molar-refractivity contribution is 5.93. The van der Waals surface area contributed by atoms with Crippen molar-refractivity contribution in [1.82, 2.24) is 4.98 Å². The Morgan fingerprint density at radius 3 is 2.40 bits per heavy atom. The number of aliphatic carboxylic acids is 1. The number of hydrogen-bond acceptors (Lipinski definition) is 4. The molecule has 1 aromatic rings. The fraction of sp³-hybridized carbons (Fsp3) is 0.300. The fourth-order valence-corrected chi connectivity index (χ4v) is 1.02. The number of Topliss-reactive ketones (excluding diaryl/α,β-unsaturated/α-hetero) is 1. The van der Waals surface area contributed by atoms with Gasteiger partial charge in [0.2, 0.25) is 0 Å². The predicted octanol–water partition coefficient (Wildman–Crippen LogP) is 0.543. The van der Waals surface area contributed by atoms with Gasteiger partial charge in [0.1, 0.15) is 0 Å². The van der Waals surface area contributed by atoms with Crippen molar-refractivity contribution in [1.29, 1.82) is 0 Å². The first-order valence-electron chi connectivity index (χ1n) is 4.35. The Hall–Kier alpha value is -1.75. The minimum Gasteiger partial charge on any atom is -0.480 e. The quantitative estimate of drug-likeness (QED) is 0.707. The van der Waals surface area contributed by atoms with Gasteiger partial charge in [-0.3, -0.25) is 9.78 Å². The number of rotatable bonds is 3. The molecule has 0 saturated carbocycles. The summed E-state index contributed by atoms with van der Waals surface area (Å²) >= 11 is 0. The largest absolute Gasteiger partial charge is 0.480 e. The van der Waals surface area contributed by atoms with E-state index in [0.29, 0.717) is 5.56 Å². The maximum Gasteiger partial charge on any atom is 0.329 e. The molecule has 0 aromatic carbocycles. The summed E-state index contributed by atoms with van der Waals surface area (Å²) in [5.41, 5.74) is 4.68. The summed E-state index contributed by atoms with van der Waals surface area (Å²) in [5.74, 6) is -1.28. The van der Waals surface area contributed by atoms with Gasteiger partial charge in [0.05, 0.1) is 5.69 Å². The molecule has 0 unspecified atom stereocenters. The molecule has 3 N–H and O–H groups in total. The van der Waals surface area contributed by atoms with Gasteiger partial charge in [-0.15, -0.1) is 0 Å². The second-order valence-corrected chi connectivity index (χ2v) is 3.50. The van der Waals surface area contributed by atoms with Crippen LogP contribution in [-0.2, 0) is 10.3 Å². The lowest BCUT2D eigenvalue weighted by atomic mass is 9.98. The minimum atomic E-state index is -1.53. The molecule has 0 amide bonds. The lowest BCUT2D eigenvalue weighted by Gasteiger charge is -2.18. The van der Waals surface area contributed by atoms with E-state index in [2.05, 4.69) is 4.98 Å². The van der Waals surface area contributed by atoms with E-state index in [1.807, 2.05) is 0 Å². The van der Waals surface area contributed by atoms with E-state index in [-0.39, 0.29) is 11.5 Å². The monoisotopic (exact) mass is 208 g/mol. The van der Waals surface area contributed by atoms with Crippen LogP contribution in [-0.4, -0.2) is 21.8 Å². The summed E-state index contributed by atoms with van der Waals surface area (Å²) in [6.07, 6.45) is 1.33. The van der Waals surface area contributed by atoms with Gasteiger partial charge in [0, 0.05) is 11.8 Å². The van der Waals surface area contributed by atoms with Crippen molar-refractivity contribution in [2.75, 3.05) is 0 Å². The molecule has 0 radical (unpaired) electrons. The molecule has 0 aliphatic heterocycles. The summed E-state index contributed by atoms with van der Waals surface area (Å²) < 4.78 is 0. The van der Waals surface area contributed by atoms with Gasteiger partial charge in [-0.25, -0.2) is 4.79 Å². The summed E-state index contributed by atoms with van der Waals surface area (Å²) in [6.45, 7) is 2.76. The zero-order valence-corrected chi connectivity index (χ0v) is 8.52. The van der Waals surface area contributed by atoms with Crippen molar-refractivity contribution in [2.45, 2.75) is 19.4 Å². The van der Waals surface area contributed by atoms with Crippen molar-refractivity contribution in [2.24, 2.45) is 5.73 Å². The van der Waals surface area contributed by atoms with Gasteiger partial charge in [0.15, 0.2) is 11.3 Å². The first-order chi connectivity index (χ1) is 6.85. The Balaban J connectivity index is 3.09. The Morgan fingerprint density at radius 2 is 2.07 bits per heavy atom. The van der Waals surface area contributed by atoms with Crippen molar-refractivity contribution >= 4 is 11.8 Å². The topological polar surface area (TPSA) is 93.3 Å². The van der Waals surface area contributed by atoms with Crippen LogP contribution >= 0.6 is 0 Å². The molecular formula is C10H12N2O3. The van der Waals surface area contributed by atoms with Crippen molar-refractivity contribution in [3.05, 3.63) is 29.6 Å². The third-order valence-electron chi connectivity index (χ3n) is 2.15. The van der Waals surface area contributed by atoms with Crippen LogP contribution in [0.15, 0.2) is 18.3 Å². The Bertz CT molecular complexity index is 396. The van der Waals surface area contributed by atoms with Gasteiger partial charge < -0.3 is 10.8 Å². The smallest absolute Gasteiger partial charge is 0.329 e. The van der Waals surface area contributed by atoms with Crippen molar-refractivity contribution in [3.8, 4) is 0 Å². The van der Waals surface area contributed by atoms with Crippen molar-refractivity contribution in [3.63, 3.8) is 0 Å². The molecule has 1 heterocycles. The van der Waals surface area contributed by atoms with Crippen LogP contribution in [0.4, 0.5) is 0 Å². The first-order valence-corrected chi connectivity index (χ1v) is 4.35. The van der Waals surface area contributed by atoms with Gasteiger partial charge in [-0.05, 0) is 26.0 Å². The van der Waals surface area contributed by atoms with E-state index in [0.717, 1.165) is 0 Å². The average Bonchev–Trinajstić information content (AvgIpc) is 2.17. The highest BCUT2D eigenvalue weighted by Crippen LogP contribution is 2.15. The number of pyridine rings is 1. The number of carboxylic acid groups (broad SMARTS) is 1. The number of hydrogen-bond donors (Lipinski definition) is 2. The summed E-state index contributed by atoms with van der Waals surface area (Å²) in [5, 5.41) is 8.84. The minimum absolute atomic E-state index is 0.122. The summed E-state index contributed by atoms with van der Waals surface area (Å²) in [6, 6.07) is 2.96. The van der Waals surface area contributed by atoms with Crippen LogP contribution in [0.2, 0.25) is 0 Å². The van der Waals surface area contributed by atoms with E-state index < -0.39 is 11.5 Å². The third kappa shape index (κ3) is 2.19. The van der Waals surface area contributed by atoms with E-state index in [1.54, 1.807) is 0 Å². The molecule has 0 spiro atoms. The molecule has 5 nitrogen and oxygen atoms in total. The zero-order valence-electron chi connectivity index (χ0n) is 8.52. The number of nitrogens with zero attached hydrogens (tertiary/aromatic N) is 1. The van der Waals surface area contributed by atoms with Crippen LogP contribution in [0.1, 0.15) is 29.9 Å². The highest BCUT2D eigenvalue weighted by Gasteiger charge is 2.31. The lowest BCUT2D eigenvalue weighted by Crippen LogP contribution is -2.42. The zero-order chi connectivity index (χ0) is 11.6. The van der Waals surface area contributed by atoms with Gasteiger partial charge in [-0.2, -0.15) is 0 Å². The molecule has 1 atom stereocenters. The molecule has 15 heavy (non-hydrogen) atoms. The molecule has 0 aliphatic rings. The second-order valence-electron chi connectivity index (χ2n) is 3.50. The van der Waals surface area contributed by atoms with Gasteiger partial charge in [0.25, 0.3) is 0 Å². The van der Waals surface area contributed by atoms with Crippen molar-refractivity contribution < 1.29 is 14.7 Å². The SMILES string of the molecule is CC(=O)c1ccc([C@@](C)(N)C(=O)O)nc1. The molecule has 5 heteroatoms. The molecule has 0 bridgehead atoms. The van der Waals surface area contributed by atoms with Crippen LogP contribution in [0, 0.1) is 0 Å². The second kappa shape index (κ2) is 3.78. The molecule has 1 aromatic heterocycles. The summed E-state index contributed by atoms with van der Waals surface area (Å²) in [4.78, 5) is 25.6. The number of aromatic nitrogens is 1. The normalized spacial score (nSPS) is 14.3. The maximum atomic E-state index is 11.0. The molecule has 0 saturated heterocycles. The average molecular weight is 208 g/mol. The van der Waals surface area contributed by atoms with Crippen LogP contribution < -0.4 is 5.73 Å². The van der Waals surface area contributed by atoms with Gasteiger partial charge in [-0.1, -0.05) is 0 Å². The number of nitrogens with two attached hydrogens (primary N) is 1. The van der Waals surface area contributed by atoms with E-state index in [4.69, 9.17) is 10.8 Å². The standard InChI is InChI=1S/C10H12N2O3/c1-6(13)7-3-4-8(12-5-7)10(2,11)9(14)15/h3-5H,11H2,1-2H3,(H,14,15)/t10-/m1/s1.